The van der Waals surface area contributed by atoms with Gasteiger partial charge in [-0.15, -0.1) is 0 Å². The minimum absolute atomic E-state index is 0.0795. The second-order valence-corrected chi connectivity index (χ2v) is 7.86. The standard InChI is InChI=1S/C25H25ClN2O/c26-22-12-7-13-23(18-22)27-14-16-28(17-15-27)25(29)19-24(20-8-3-1-4-9-20)21-10-5-2-6-11-21/h1-13,18,24H,14-17,19H2. The van der Waals surface area contributed by atoms with Crippen molar-refractivity contribution in [1.82, 2.24) is 4.90 Å². The van der Waals surface area contributed by atoms with E-state index in [2.05, 4.69) is 35.2 Å². The van der Waals surface area contributed by atoms with Crippen molar-refractivity contribution >= 4 is 23.2 Å². The van der Waals surface area contributed by atoms with E-state index in [1.807, 2.05) is 59.5 Å². The van der Waals surface area contributed by atoms with Crippen molar-refractivity contribution in [3.8, 4) is 0 Å². The molecule has 1 saturated heterocycles. The van der Waals surface area contributed by atoms with E-state index < -0.39 is 0 Å². The maximum absolute atomic E-state index is 13.1. The van der Waals surface area contributed by atoms with Gasteiger partial charge >= 0.3 is 0 Å². The molecule has 0 unspecified atom stereocenters. The van der Waals surface area contributed by atoms with Crippen LogP contribution in [-0.4, -0.2) is 37.0 Å². The van der Waals surface area contributed by atoms with Gasteiger partial charge in [0, 0.05) is 49.2 Å². The summed E-state index contributed by atoms with van der Waals surface area (Å²) in [6, 6.07) is 28.6. The fraction of sp³-hybridized carbons (Fsp3) is 0.240. The van der Waals surface area contributed by atoms with Crippen LogP contribution in [0, 0.1) is 0 Å². The van der Waals surface area contributed by atoms with E-state index in [-0.39, 0.29) is 11.8 Å². The number of hydrogen-bond donors (Lipinski definition) is 0. The van der Waals surface area contributed by atoms with Crippen LogP contribution >= 0.6 is 11.6 Å². The van der Waals surface area contributed by atoms with Gasteiger partial charge in [-0.3, -0.25) is 4.79 Å². The molecular formula is C25H25ClN2O. The summed E-state index contributed by atoms with van der Waals surface area (Å²) in [5.74, 6) is 0.296. The van der Waals surface area contributed by atoms with Crippen molar-refractivity contribution in [2.75, 3.05) is 31.1 Å². The van der Waals surface area contributed by atoms with Crippen LogP contribution in [0.5, 0.6) is 0 Å². The van der Waals surface area contributed by atoms with Crippen LogP contribution in [-0.2, 0) is 4.79 Å². The highest BCUT2D eigenvalue weighted by molar-refractivity contribution is 6.30. The highest BCUT2D eigenvalue weighted by atomic mass is 35.5. The van der Waals surface area contributed by atoms with Crippen LogP contribution in [0.3, 0.4) is 0 Å². The molecule has 0 radical (unpaired) electrons. The largest absolute Gasteiger partial charge is 0.368 e. The zero-order valence-electron chi connectivity index (χ0n) is 16.4. The molecule has 1 fully saturated rings. The van der Waals surface area contributed by atoms with Gasteiger partial charge in [0.15, 0.2) is 0 Å². The van der Waals surface area contributed by atoms with Gasteiger partial charge in [-0.25, -0.2) is 0 Å². The van der Waals surface area contributed by atoms with Crippen LogP contribution in [0.2, 0.25) is 5.02 Å². The lowest BCUT2D eigenvalue weighted by Gasteiger charge is -2.36. The molecule has 3 nitrogen and oxygen atoms in total. The molecule has 1 aliphatic rings. The summed E-state index contributed by atoms with van der Waals surface area (Å²) in [6.45, 7) is 3.13. The molecular weight excluding hydrogens is 380 g/mol. The van der Waals surface area contributed by atoms with E-state index in [4.69, 9.17) is 11.6 Å². The first-order valence-corrected chi connectivity index (χ1v) is 10.5. The predicted molar refractivity (Wildman–Crippen MR) is 120 cm³/mol. The minimum atomic E-state index is 0.0795. The first kappa shape index (κ1) is 19.5. The van der Waals surface area contributed by atoms with Crippen LogP contribution in [0.25, 0.3) is 0 Å². The topological polar surface area (TPSA) is 23.6 Å². The van der Waals surface area contributed by atoms with Crippen LogP contribution in [0.4, 0.5) is 5.69 Å². The second-order valence-electron chi connectivity index (χ2n) is 7.43. The number of halogens is 1. The summed E-state index contributed by atoms with van der Waals surface area (Å²) < 4.78 is 0. The molecule has 0 bridgehead atoms. The molecule has 0 atom stereocenters. The van der Waals surface area contributed by atoms with Crippen molar-refractivity contribution in [1.29, 1.82) is 0 Å². The summed E-state index contributed by atoms with van der Waals surface area (Å²) in [7, 11) is 0. The van der Waals surface area contributed by atoms with Crippen LogP contribution in [0.1, 0.15) is 23.5 Å². The van der Waals surface area contributed by atoms with Gasteiger partial charge in [0.1, 0.15) is 0 Å². The fourth-order valence-corrected chi connectivity index (χ4v) is 4.17. The van der Waals surface area contributed by atoms with Crippen molar-refractivity contribution in [3.05, 3.63) is 101 Å². The number of hydrogen-bond acceptors (Lipinski definition) is 2. The number of nitrogens with zero attached hydrogens (tertiary/aromatic N) is 2. The van der Waals surface area contributed by atoms with Gasteiger partial charge in [0.05, 0.1) is 0 Å². The molecule has 0 saturated carbocycles. The molecule has 4 rings (SSSR count). The van der Waals surface area contributed by atoms with Crippen molar-refractivity contribution in [3.63, 3.8) is 0 Å². The molecule has 0 spiro atoms. The Morgan fingerprint density at radius 1 is 0.793 bits per heavy atom. The average Bonchev–Trinajstić information content (AvgIpc) is 2.78. The lowest BCUT2D eigenvalue weighted by Crippen LogP contribution is -2.49. The Hall–Kier alpha value is -2.78. The van der Waals surface area contributed by atoms with E-state index in [0.717, 1.165) is 36.9 Å². The van der Waals surface area contributed by atoms with Gasteiger partial charge in [-0.1, -0.05) is 78.3 Å². The van der Waals surface area contributed by atoms with Gasteiger partial charge in [0.2, 0.25) is 5.91 Å². The van der Waals surface area contributed by atoms with E-state index >= 15 is 0 Å². The molecule has 1 amide bonds. The third-order valence-electron chi connectivity index (χ3n) is 5.59. The van der Waals surface area contributed by atoms with Crippen LogP contribution < -0.4 is 4.90 Å². The molecule has 1 heterocycles. The monoisotopic (exact) mass is 404 g/mol. The van der Waals surface area contributed by atoms with Crippen molar-refractivity contribution in [2.45, 2.75) is 12.3 Å². The Bertz CT molecular complexity index is 898. The molecule has 0 aliphatic carbocycles. The van der Waals surface area contributed by atoms with Crippen LogP contribution in [0.15, 0.2) is 84.9 Å². The lowest BCUT2D eigenvalue weighted by molar-refractivity contribution is -0.131. The second kappa shape index (κ2) is 9.15. The number of benzene rings is 3. The predicted octanol–water partition coefficient (Wildman–Crippen LogP) is 5.21. The van der Waals surface area contributed by atoms with E-state index in [0.29, 0.717) is 6.42 Å². The quantitative estimate of drug-likeness (QED) is 0.582. The fourth-order valence-electron chi connectivity index (χ4n) is 3.99. The number of amides is 1. The van der Waals surface area contributed by atoms with E-state index in [1.165, 1.54) is 11.1 Å². The number of rotatable bonds is 5. The molecule has 148 valence electrons. The Labute approximate surface area is 177 Å². The maximum atomic E-state index is 13.1. The normalized spacial score (nSPS) is 14.3. The number of carbonyl (C=O) groups is 1. The maximum Gasteiger partial charge on any atom is 0.223 e. The zero-order chi connectivity index (χ0) is 20.1. The number of carbonyl (C=O) groups excluding carboxylic acids is 1. The number of anilines is 1. The van der Waals surface area contributed by atoms with Gasteiger partial charge in [0.25, 0.3) is 0 Å². The number of piperazine rings is 1. The molecule has 29 heavy (non-hydrogen) atoms. The average molecular weight is 405 g/mol. The van der Waals surface area contributed by atoms with Gasteiger partial charge in [-0.05, 0) is 29.3 Å². The minimum Gasteiger partial charge on any atom is -0.368 e. The van der Waals surface area contributed by atoms with Gasteiger partial charge < -0.3 is 9.80 Å². The molecule has 4 heteroatoms. The highest BCUT2D eigenvalue weighted by Crippen LogP contribution is 2.29. The third-order valence-corrected chi connectivity index (χ3v) is 5.82. The first-order valence-electron chi connectivity index (χ1n) is 10.1. The molecule has 0 N–H and O–H groups in total. The smallest absolute Gasteiger partial charge is 0.223 e. The van der Waals surface area contributed by atoms with Gasteiger partial charge in [-0.2, -0.15) is 0 Å². The molecule has 3 aromatic rings. The van der Waals surface area contributed by atoms with Crippen molar-refractivity contribution in [2.24, 2.45) is 0 Å². The van der Waals surface area contributed by atoms with E-state index in [9.17, 15) is 4.79 Å². The summed E-state index contributed by atoms with van der Waals surface area (Å²) in [5, 5.41) is 0.745. The molecule has 0 aromatic heterocycles. The summed E-state index contributed by atoms with van der Waals surface area (Å²) in [4.78, 5) is 17.4. The molecule has 1 aliphatic heterocycles. The third kappa shape index (κ3) is 4.80. The van der Waals surface area contributed by atoms with Crippen molar-refractivity contribution < 1.29 is 4.79 Å². The molecule has 3 aromatic carbocycles. The first-order chi connectivity index (χ1) is 14.2. The highest BCUT2D eigenvalue weighted by Gasteiger charge is 2.25. The Morgan fingerprint density at radius 2 is 1.38 bits per heavy atom. The SMILES string of the molecule is O=C(CC(c1ccccc1)c1ccccc1)N1CCN(c2cccc(Cl)c2)CC1. The summed E-state index contributed by atoms with van der Waals surface area (Å²) >= 11 is 6.13. The Balaban J connectivity index is 1.44. The zero-order valence-corrected chi connectivity index (χ0v) is 17.1. The summed E-state index contributed by atoms with van der Waals surface area (Å²) in [6.07, 6.45) is 0.491. The Kier molecular flexibility index (Phi) is 6.16. The van der Waals surface area contributed by atoms with E-state index in [1.54, 1.807) is 0 Å². The lowest BCUT2D eigenvalue weighted by atomic mass is 9.88. The Morgan fingerprint density at radius 3 is 1.93 bits per heavy atom. The summed E-state index contributed by atoms with van der Waals surface area (Å²) in [5.41, 5.74) is 3.49.